The highest BCUT2D eigenvalue weighted by Gasteiger charge is 2.30. The largest absolute Gasteiger partial charge is 0.469 e. The molecule has 1 fully saturated rings. The standard InChI is InChI=1S/C25H34N2O2/c1-21-10-12-23(13-11-21)27-18-16-26(17-19-27)15-7-14-25(2,20-24(28)29-3)22-8-5-4-6-9-22/h4-6,8-13H,7,14-20H2,1-3H3. The monoisotopic (exact) mass is 394 g/mol. The van der Waals surface area contributed by atoms with Crippen LogP contribution in [-0.4, -0.2) is 50.7 Å². The molecule has 156 valence electrons. The number of carbonyl (C=O) groups excluding carboxylic acids is 1. The van der Waals surface area contributed by atoms with E-state index in [-0.39, 0.29) is 11.4 Å². The molecule has 0 aliphatic carbocycles. The van der Waals surface area contributed by atoms with Crippen molar-refractivity contribution in [1.82, 2.24) is 4.90 Å². The predicted octanol–water partition coefficient (Wildman–Crippen LogP) is 4.42. The Morgan fingerprint density at radius 1 is 1.00 bits per heavy atom. The maximum absolute atomic E-state index is 12.0. The van der Waals surface area contributed by atoms with E-state index in [1.165, 1.54) is 23.9 Å². The lowest BCUT2D eigenvalue weighted by Crippen LogP contribution is -2.46. The van der Waals surface area contributed by atoms with Crippen LogP contribution in [0.15, 0.2) is 54.6 Å². The van der Waals surface area contributed by atoms with Crippen LogP contribution in [-0.2, 0) is 14.9 Å². The van der Waals surface area contributed by atoms with Gasteiger partial charge in [-0.15, -0.1) is 0 Å². The van der Waals surface area contributed by atoms with Crippen molar-refractivity contribution >= 4 is 11.7 Å². The molecule has 4 heteroatoms. The number of carbonyl (C=O) groups is 1. The van der Waals surface area contributed by atoms with Crippen LogP contribution in [0.5, 0.6) is 0 Å². The van der Waals surface area contributed by atoms with Gasteiger partial charge in [-0.1, -0.05) is 55.0 Å². The second-order valence-electron chi connectivity index (χ2n) is 8.45. The third-order valence-corrected chi connectivity index (χ3v) is 6.21. The normalized spacial score (nSPS) is 17.0. The maximum atomic E-state index is 12.0. The van der Waals surface area contributed by atoms with Crippen LogP contribution < -0.4 is 4.90 Å². The molecule has 0 bridgehead atoms. The minimum atomic E-state index is -0.182. The van der Waals surface area contributed by atoms with E-state index in [1.54, 1.807) is 0 Å². The van der Waals surface area contributed by atoms with E-state index in [9.17, 15) is 4.79 Å². The summed E-state index contributed by atoms with van der Waals surface area (Å²) in [5, 5.41) is 0. The van der Waals surface area contributed by atoms with Gasteiger partial charge in [0.25, 0.3) is 0 Å². The lowest BCUT2D eigenvalue weighted by atomic mass is 9.76. The van der Waals surface area contributed by atoms with Gasteiger partial charge in [-0.05, 0) is 44.0 Å². The number of anilines is 1. The van der Waals surface area contributed by atoms with Crippen molar-refractivity contribution in [1.29, 1.82) is 0 Å². The van der Waals surface area contributed by atoms with E-state index >= 15 is 0 Å². The molecule has 1 aliphatic heterocycles. The average Bonchev–Trinajstić information content (AvgIpc) is 2.75. The fourth-order valence-corrected chi connectivity index (χ4v) is 4.24. The fraction of sp³-hybridized carbons (Fsp3) is 0.480. The molecule has 0 radical (unpaired) electrons. The zero-order chi connectivity index (χ0) is 20.7. The molecule has 0 N–H and O–H groups in total. The summed E-state index contributed by atoms with van der Waals surface area (Å²) in [5.41, 5.74) is 3.67. The third-order valence-electron chi connectivity index (χ3n) is 6.21. The highest BCUT2D eigenvalue weighted by Crippen LogP contribution is 2.33. The Morgan fingerprint density at radius 3 is 2.28 bits per heavy atom. The highest BCUT2D eigenvalue weighted by atomic mass is 16.5. The van der Waals surface area contributed by atoms with E-state index in [0.29, 0.717) is 6.42 Å². The van der Waals surface area contributed by atoms with Gasteiger partial charge in [-0.2, -0.15) is 0 Å². The predicted molar refractivity (Wildman–Crippen MR) is 119 cm³/mol. The third kappa shape index (κ3) is 5.83. The molecule has 1 unspecified atom stereocenters. The van der Waals surface area contributed by atoms with Crippen LogP contribution >= 0.6 is 0 Å². The Bertz CT molecular complexity index is 767. The molecular weight excluding hydrogens is 360 g/mol. The molecule has 2 aromatic rings. The summed E-state index contributed by atoms with van der Waals surface area (Å²) >= 11 is 0. The molecule has 1 saturated heterocycles. The Hall–Kier alpha value is -2.33. The van der Waals surface area contributed by atoms with Crippen LogP contribution in [0.4, 0.5) is 5.69 Å². The molecular formula is C25H34N2O2. The minimum absolute atomic E-state index is 0.136. The number of aryl methyl sites for hydroxylation is 1. The number of hydrogen-bond donors (Lipinski definition) is 0. The Balaban J connectivity index is 1.51. The molecule has 4 nitrogen and oxygen atoms in total. The topological polar surface area (TPSA) is 32.8 Å². The first-order valence-electron chi connectivity index (χ1n) is 10.7. The van der Waals surface area contributed by atoms with Gasteiger partial charge in [0.1, 0.15) is 0 Å². The van der Waals surface area contributed by atoms with Crippen LogP contribution in [0, 0.1) is 6.92 Å². The van der Waals surface area contributed by atoms with E-state index < -0.39 is 0 Å². The second kappa shape index (κ2) is 9.93. The van der Waals surface area contributed by atoms with Crippen molar-refractivity contribution in [2.24, 2.45) is 0 Å². The van der Waals surface area contributed by atoms with Gasteiger partial charge >= 0.3 is 5.97 Å². The van der Waals surface area contributed by atoms with E-state index in [2.05, 4.69) is 72.2 Å². The van der Waals surface area contributed by atoms with Crippen molar-refractivity contribution in [3.63, 3.8) is 0 Å². The summed E-state index contributed by atoms with van der Waals surface area (Å²) < 4.78 is 4.97. The smallest absolute Gasteiger partial charge is 0.306 e. The maximum Gasteiger partial charge on any atom is 0.306 e. The molecule has 0 aromatic heterocycles. The molecule has 3 rings (SSSR count). The van der Waals surface area contributed by atoms with Gasteiger partial charge in [-0.25, -0.2) is 0 Å². The molecule has 1 aliphatic rings. The van der Waals surface area contributed by atoms with Crippen LogP contribution in [0.3, 0.4) is 0 Å². The average molecular weight is 395 g/mol. The van der Waals surface area contributed by atoms with Gasteiger partial charge in [0.05, 0.1) is 13.5 Å². The molecule has 1 heterocycles. The summed E-state index contributed by atoms with van der Waals surface area (Å²) in [5.74, 6) is -0.136. The number of piperazine rings is 1. The number of hydrogen-bond acceptors (Lipinski definition) is 4. The first-order chi connectivity index (χ1) is 14.0. The Kier molecular flexibility index (Phi) is 7.32. The van der Waals surface area contributed by atoms with Crippen LogP contribution in [0.2, 0.25) is 0 Å². The quantitative estimate of drug-likeness (QED) is 0.621. The van der Waals surface area contributed by atoms with Crippen molar-refractivity contribution in [2.75, 3.05) is 44.7 Å². The molecule has 0 amide bonds. The van der Waals surface area contributed by atoms with E-state index in [4.69, 9.17) is 4.74 Å². The Labute approximate surface area is 175 Å². The minimum Gasteiger partial charge on any atom is -0.469 e. The van der Waals surface area contributed by atoms with Gasteiger partial charge in [0, 0.05) is 37.3 Å². The van der Waals surface area contributed by atoms with Crippen molar-refractivity contribution in [3.8, 4) is 0 Å². The van der Waals surface area contributed by atoms with Gasteiger partial charge in [0.15, 0.2) is 0 Å². The van der Waals surface area contributed by atoms with Gasteiger partial charge in [-0.3, -0.25) is 9.69 Å². The summed E-state index contributed by atoms with van der Waals surface area (Å²) in [6.45, 7) is 9.72. The van der Waals surface area contributed by atoms with Gasteiger partial charge < -0.3 is 9.64 Å². The number of esters is 1. The van der Waals surface area contributed by atoms with E-state index in [1.807, 2.05) is 6.07 Å². The zero-order valence-electron chi connectivity index (χ0n) is 18.1. The zero-order valence-corrected chi connectivity index (χ0v) is 18.1. The van der Waals surface area contributed by atoms with Gasteiger partial charge in [0.2, 0.25) is 0 Å². The number of rotatable bonds is 8. The van der Waals surface area contributed by atoms with Crippen molar-refractivity contribution in [2.45, 2.75) is 38.5 Å². The van der Waals surface area contributed by atoms with Crippen LogP contribution in [0.25, 0.3) is 0 Å². The lowest BCUT2D eigenvalue weighted by Gasteiger charge is -2.37. The molecule has 29 heavy (non-hydrogen) atoms. The number of methoxy groups -OCH3 is 1. The summed E-state index contributed by atoms with van der Waals surface area (Å²) in [6.07, 6.45) is 2.48. The fourth-order valence-electron chi connectivity index (χ4n) is 4.24. The highest BCUT2D eigenvalue weighted by molar-refractivity contribution is 5.71. The summed E-state index contributed by atoms with van der Waals surface area (Å²) in [4.78, 5) is 17.0. The SMILES string of the molecule is COC(=O)CC(C)(CCCN1CCN(c2ccc(C)cc2)CC1)c1ccccc1. The van der Waals surface area contributed by atoms with Crippen molar-refractivity contribution < 1.29 is 9.53 Å². The number of ether oxygens (including phenoxy) is 1. The first-order valence-corrected chi connectivity index (χ1v) is 10.7. The molecule has 0 spiro atoms. The first kappa shape index (κ1) is 21.4. The van der Waals surface area contributed by atoms with Crippen LogP contribution in [0.1, 0.15) is 37.3 Å². The molecule has 2 aromatic carbocycles. The van der Waals surface area contributed by atoms with Crippen molar-refractivity contribution in [3.05, 3.63) is 65.7 Å². The second-order valence-corrected chi connectivity index (χ2v) is 8.45. The number of nitrogens with zero attached hydrogens (tertiary/aromatic N) is 2. The summed E-state index contributed by atoms with van der Waals surface area (Å²) in [7, 11) is 1.47. The lowest BCUT2D eigenvalue weighted by molar-refractivity contribution is -0.142. The van der Waals surface area contributed by atoms with E-state index in [0.717, 1.165) is 45.6 Å². The molecule has 1 atom stereocenters. The number of benzene rings is 2. The Morgan fingerprint density at radius 2 is 1.66 bits per heavy atom. The molecule has 0 saturated carbocycles. The summed E-state index contributed by atoms with van der Waals surface area (Å²) in [6, 6.07) is 19.2.